The lowest BCUT2D eigenvalue weighted by Crippen LogP contribution is -2.42. The van der Waals surface area contributed by atoms with E-state index in [9.17, 15) is 14.4 Å². The molecule has 116 valence electrons. The van der Waals surface area contributed by atoms with E-state index in [0.29, 0.717) is 15.6 Å². The Morgan fingerprint density at radius 1 is 1.36 bits per heavy atom. The van der Waals surface area contributed by atoms with Crippen molar-refractivity contribution in [1.29, 1.82) is 0 Å². The SMILES string of the molecule is COC(=O)[C@@H](C)N1C(=O)S/C(=C\c2ccc(Cl)cc2Cl)C1=O. The highest BCUT2D eigenvalue weighted by Crippen LogP contribution is 2.35. The van der Waals surface area contributed by atoms with Gasteiger partial charge in [-0.25, -0.2) is 4.79 Å². The Balaban J connectivity index is 2.31. The van der Waals surface area contributed by atoms with E-state index in [1.165, 1.54) is 26.2 Å². The fraction of sp³-hybridized carbons (Fsp3) is 0.214. The summed E-state index contributed by atoms with van der Waals surface area (Å²) < 4.78 is 4.56. The van der Waals surface area contributed by atoms with Crippen molar-refractivity contribution < 1.29 is 19.1 Å². The molecule has 2 amide bonds. The summed E-state index contributed by atoms with van der Waals surface area (Å²) in [4.78, 5) is 36.8. The summed E-state index contributed by atoms with van der Waals surface area (Å²) in [6.07, 6.45) is 1.49. The molecule has 2 rings (SSSR count). The Labute approximate surface area is 141 Å². The standard InChI is InChI=1S/C14H11Cl2NO4S/c1-7(13(19)21-2)17-12(18)11(22-14(17)20)5-8-3-4-9(15)6-10(8)16/h3-7H,1-2H3/b11-5-/t7-/m1/s1. The van der Waals surface area contributed by atoms with Gasteiger partial charge >= 0.3 is 5.97 Å². The highest BCUT2D eigenvalue weighted by atomic mass is 35.5. The van der Waals surface area contributed by atoms with Crippen molar-refractivity contribution in [3.8, 4) is 0 Å². The summed E-state index contributed by atoms with van der Waals surface area (Å²) in [6, 6.07) is 3.82. The van der Waals surface area contributed by atoms with Crippen molar-refractivity contribution in [3.05, 3.63) is 38.7 Å². The minimum atomic E-state index is -0.982. The van der Waals surface area contributed by atoms with Crippen LogP contribution in [0.2, 0.25) is 10.0 Å². The molecule has 0 spiro atoms. The first-order chi connectivity index (χ1) is 10.3. The third-order valence-corrected chi connectivity index (χ3v) is 4.45. The molecule has 0 radical (unpaired) electrons. The van der Waals surface area contributed by atoms with Crippen LogP contribution in [-0.2, 0) is 14.3 Å². The fourth-order valence-corrected chi connectivity index (χ4v) is 3.21. The number of esters is 1. The molecule has 5 nitrogen and oxygen atoms in total. The number of ether oxygens (including phenoxy) is 1. The summed E-state index contributed by atoms with van der Waals surface area (Å²) in [5.74, 6) is -1.22. The van der Waals surface area contributed by atoms with E-state index in [-0.39, 0.29) is 4.91 Å². The van der Waals surface area contributed by atoms with E-state index in [2.05, 4.69) is 4.74 Å². The summed E-state index contributed by atoms with van der Waals surface area (Å²) >= 11 is 12.6. The average Bonchev–Trinajstić information content (AvgIpc) is 2.75. The lowest BCUT2D eigenvalue weighted by atomic mass is 10.2. The van der Waals surface area contributed by atoms with Gasteiger partial charge in [0.15, 0.2) is 0 Å². The van der Waals surface area contributed by atoms with E-state index >= 15 is 0 Å². The summed E-state index contributed by atoms with van der Waals surface area (Å²) in [7, 11) is 1.20. The van der Waals surface area contributed by atoms with Gasteiger partial charge in [-0.05, 0) is 42.5 Å². The Hall–Kier alpha value is -1.50. The lowest BCUT2D eigenvalue weighted by Gasteiger charge is -2.18. The van der Waals surface area contributed by atoms with Crippen molar-refractivity contribution in [2.45, 2.75) is 13.0 Å². The van der Waals surface area contributed by atoms with Crippen LogP contribution in [0.25, 0.3) is 6.08 Å². The monoisotopic (exact) mass is 359 g/mol. The number of rotatable bonds is 3. The van der Waals surface area contributed by atoms with E-state index in [1.54, 1.807) is 12.1 Å². The second kappa shape index (κ2) is 6.73. The Bertz CT molecular complexity index is 689. The van der Waals surface area contributed by atoms with Crippen LogP contribution in [0, 0.1) is 0 Å². The van der Waals surface area contributed by atoms with E-state index in [4.69, 9.17) is 23.2 Å². The molecule has 1 aromatic carbocycles. The highest BCUT2D eigenvalue weighted by Gasteiger charge is 2.41. The van der Waals surface area contributed by atoms with E-state index < -0.39 is 23.2 Å². The number of benzene rings is 1. The maximum absolute atomic E-state index is 12.3. The molecule has 1 atom stereocenters. The topological polar surface area (TPSA) is 63.7 Å². The zero-order valence-electron chi connectivity index (χ0n) is 11.6. The van der Waals surface area contributed by atoms with Crippen molar-refractivity contribution in [3.63, 3.8) is 0 Å². The van der Waals surface area contributed by atoms with Crippen LogP contribution in [0.4, 0.5) is 4.79 Å². The van der Waals surface area contributed by atoms with Gasteiger partial charge in [0.1, 0.15) is 6.04 Å². The fourth-order valence-electron chi connectivity index (χ4n) is 1.85. The molecule has 1 saturated heterocycles. The van der Waals surface area contributed by atoms with Crippen molar-refractivity contribution in [1.82, 2.24) is 4.90 Å². The zero-order chi connectivity index (χ0) is 16.4. The normalized spacial score (nSPS) is 18.0. The molecule has 0 aliphatic carbocycles. The number of halogens is 2. The first kappa shape index (κ1) is 16.9. The number of hydrogen-bond donors (Lipinski definition) is 0. The van der Waals surface area contributed by atoms with E-state index in [1.807, 2.05) is 0 Å². The number of thioether (sulfide) groups is 1. The molecule has 1 aliphatic heterocycles. The summed E-state index contributed by atoms with van der Waals surface area (Å²) in [5.41, 5.74) is 0.558. The predicted octanol–water partition coefficient (Wildman–Crippen LogP) is 3.59. The van der Waals surface area contributed by atoms with Gasteiger partial charge < -0.3 is 4.74 Å². The molecule has 1 fully saturated rings. The Morgan fingerprint density at radius 3 is 2.64 bits per heavy atom. The Kier molecular flexibility index (Phi) is 5.16. The molecule has 0 bridgehead atoms. The van der Waals surface area contributed by atoms with Crippen LogP contribution >= 0.6 is 35.0 Å². The number of imide groups is 1. The minimum absolute atomic E-state index is 0.185. The second-order valence-corrected chi connectivity index (χ2v) is 6.25. The number of amides is 2. The zero-order valence-corrected chi connectivity index (χ0v) is 14.0. The third kappa shape index (κ3) is 3.29. The first-order valence-corrected chi connectivity index (χ1v) is 7.72. The van der Waals surface area contributed by atoms with Crippen LogP contribution in [0.5, 0.6) is 0 Å². The predicted molar refractivity (Wildman–Crippen MR) is 85.8 cm³/mol. The molecular formula is C14H11Cl2NO4S. The molecule has 1 aliphatic rings. The molecule has 22 heavy (non-hydrogen) atoms. The number of hydrogen-bond acceptors (Lipinski definition) is 5. The van der Waals surface area contributed by atoms with Gasteiger partial charge in [-0.3, -0.25) is 14.5 Å². The maximum atomic E-state index is 12.3. The van der Waals surface area contributed by atoms with Gasteiger partial charge in [-0.1, -0.05) is 29.3 Å². The molecular weight excluding hydrogens is 349 g/mol. The molecule has 8 heteroatoms. The maximum Gasteiger partial charge on any atom is 0.328 e. The molecule has 0 saturated carbocycles. The highest BCUT2D eigenvalue weighted by molar-refractivity contribution is 8.18. The molecule has 0 aromatic heterocycles. The van der Waals surface area contributed by atoms with Gasteiger partial charge in [0.05, 0.1) is 12.0 Å². The van der Waals surface area contributed by atoms with Gasteiger partial charge in [0.25, 0.3) is 11.1 Å². The minimum Gasteiger partial charge on any atom is -0.467 e. The summed E-state index contributed by atoms with van der Waals surface area (Å²) in [5, 5.41) is 0.300. The molecule has 0 unspecified atom stereocenters. The van der Waals surface area contributed by atoms with Gasteiger partial charge in [0, 0.05) is 10.0 Å². The number of carbonyl (C=O) groups excluding carboxylic acids is 3. The van der Waals surface area contributed by atoms with E-state index in [0.717, 1.165) is 16.7 Å². The second-order valence-electron chi connectivity index (χ2n) is 4.42. The number of methoxy groups -OCH3 is 1. The van der Waals surface area contributed by atoms with Crippen LogP contribution in [-0.4, -0.2) is 35.2 Å². The smallest absolute Gasteiger partial charge is 0.328 e. The van der Waals surface area contributed by atoms with Crippen LogP contribution in [0.1, 0.15) is 12.5 Å². The van der Waals surface area contributed by atoms with Crippen LogP contribution < -0.4 is 0 Å². The summed E-state index contributed by atoms with van der Waals surface area (Å²) in [6.45, 7) is 1.43. The third-order valence-electron chi connectivity index (χ3n) is 3.00. The molecule has 0 N–H and O–H groups in total. The van der Waals surface area contributed by atoms with Crippen LogP contribution in [0.15, 0.2) is 23.1 Å². The molecule has 1 aromatic rings. The average molecular weight is 360 g/mol. The van der Waals surface area contributed by atoms with Crippen molar-refractivity contribution in [2.75, 3.05) is 7.11 Å². The van der Waals surface area contributed by atoms with Gasteiger partial charge in [-0.2, -0.15) is 0 Å². The van der Waals surface area contributed by atoms with Gasteiger partial charge in [0.2, 0.25) is 0 Å². The lowest BCUT2D eigenvalue weighted by molar-refractivity contribution is -0.148. The number of carbonyl (C=O) groups is 3. The largest absolute Gasteiger partial charge is 0.467 e. The number of nitrogens with zero attached hydrogens (tertiary/aromatic N) is 1. The van der Waals surface area contributed by atoms with Gasteiger partial charge in [-0.15, -0.1) is 0 Å². The Morgan fingerprint density at radius 2 is 2.05 bits per heavy atom. The van der Waals surface area contributed by atoms with Crippen LogP contribution in [0.3, 0.4) is 0 Å². The van der Waals surface area contributed by atoms with Crippen molar-refractivity contribution in [2.24, 2.45) is 0 Å². The first-order valence-electron chi connectivity index (χ1n) is 6.15. The molecule has 1 heterocycles. The van der Waals surface area contributed by atoms with Crippen molar-refractivity contribution >= 4 is 58.2 Å². The quantitative estimate of drug-likeness (QED) is 0.609.